The molecular weight excluding hydrogens is 562 g/mol. The van der Waals surface area contributed by atoms with Gasteiger partial charge in [-0.3, -0.25) is 9.59 Å². The van der Waals surface area contributed by atoms with Gasteiger partial charge in [-0.2, -0.15) is 5.26 Å². The van der Waals surface area contributed by atoms with Crippen LogP contribution in [-0.2, 0) is 17.8 Å². The maximum Gasteiger partial charge on any atom is 0.270 e. The zero-order valence-corrected chi connectivity index (χ0v) is 26.6. The van der Waals surface area contributed by atoms with Crippen molar-refractivity contribution in [3.63, 3.8) is 0 Å². The van der Waals surface area contributed by atoms with Gasteiger partial charge >= 0.3 is 0 Å². The molecule has 1 N–H and O–H groups in total. The molecule has 0 radical (unpaired) electrons. The molecule has 2 fully saturated rings. The molecule has 2 aliphatic heterocycles. The van der Waals surface area contributed by atoms with Crippen LogP contribution in [0.2, 0.25) is 0 Å². The summed E-state index contributed by atoms with van der Waals surface area (Å²) in [6, 6.07) is 17.2. The third-order valence-electron chi connectivity index (χ3n) is 9.89. The zero-order chi connectivity index (χ0) is 31.7. The van der Waals surface area contributed by atoms with E-state index in [1.807, 2.05) is 6.07 Å². The van der Waals surface area contributed by atoms with E-state index in [0.717, 1.165) is 49.2 Å². The molecule has 9 heteroatoms. The molecule has 2 amide bonds. The third kappa shape index (κ3) is 5.99. The summed E-state index contributed by atoms with van der Waals surface area (Å²) in [5, 5.41) is 15.4. The second-order valence-corrected chi connectivity index (χ2v) is 12.8. The number of likely N-dealkylation sites (N-methyl/N-ethyl adjacent to an activating group) is 1. The molecule has 9 nitrogen and oxygen atoms in total. The second-order valence-electron chi connectivity index (χ2n) is 12.8. The van der Waals surface area contributed by atoms with E-state index in [0.29, 0.717) is 37.9 Å². The molecule has 3 aromatic rings. The number of nitrogens with zero attached hydrogens (tertiary/aromatic N) is 6. The highest BCUT2D eigenvalue weighted by Crippen LogP contribution is 2.36. The summed E-state index contributed by atoms with van der Waals surface area (Å²) in [5.74, 6) is -0.301. The van der Waals surface area contributed by atoms with Gasteiger partial charge in [-0.15, -0.1) is 0 Å². The Balaban J connectivity index is 1.37. The van der Waals surface area contributed by atoms with E-state index >= 15 is 0 Å². The second kappa shape index (κ2) is 12.9. The molecule has 2 aromatic carbocycles. The van der Waals surface area contributed by atoms with Crippen LogP contribution >= 0.6 is 0 Å². The van der Waals surface area contributed by atoms with Crippen LogP contribution in [0.25, 0.3) is 10.8 Å². The van der Waals surface area contributed by atoms with Gasteiger partial charge in [-0.1, -0.05) is 36.9 Å². The lowest BCUT2D eigenvalue weighted by Gasteiger charge is -2.43. The van der Waals surface area contributed by atoms with Crippen LogP contribution in [0.4, 0.5) is 11.4 Å². The Morgan fingerprint density at radius 2 is 1.91 bits per heavy atom. The van der Waals surface area contributed by atoms with Crippen LogP contribution in [-0.4, -0.2) is 85.0 Å². The first-order chi connectivity index (χ1) is 21.8. The minimum atomic E-state index is -0.256. The Labute approximate surface area is 266 Å². The quantitative estimate of drug-likeness (QED) is 0.398. The summed E-state index contributed by atoms with van der Waals surface area (Å²) in [6.45, 7) is 8.85. The molecule has 0 spiro atoms. The zero-order valence-electron chi connectivity index (χ0n) is 26.6. The predicted octanol–water partition coefficient (Wildman–Crippen LogP) is 4.44. The number of aryl methyl sites for hydroxylation is 1. The molecule has 0 unspecified atom stereocenters. The average Bonchev–Trinajstić information content (AvgIpc) is 3.52. The molecular formula is C36H43N7O2. The number of piperazine rings is 1. The fraction of sp³-hybridized carbons (Fsp3) is 0.444. The predicted molar refractivity (Wildman–Crippen MR) is 178 cm³/mol. The summed E-state index contributed by atoms with van der Waals surface area (Å²) in [5.41, 5.74) is 5.88. The van der Waals surface area contributed by atoms with Crippen molar-refractivity contribution < 1.29 is 9.59 Å². The lowest BCUT2D eigenvalue weighted by atomic mass is 9.97. The van der Waals surface area contributed by atoms with Gasteiger partial charge in [-0.25, -0.2) is 4.98 Å². The molecule has 1 aliphatic carbocycles. The van der Waals surface area contributed by atoms with E-state index in [-0.39, 0.29) is 30.3 Å². The standard InChI is InChI=1S/C36H43N7O2/c1-5-34(44)43-20-19-42(22-26(43)15-17-37)33-21-29(36(45)39-28-12-8-13-31(28)40(3)4)38-30-23-41(18-16-27(30)33)32-14-7-11-25-10-6-9-24(2)35(25)32/h5-7,9-11,14,21,26,28,31H,1,8,12-13,15-16,18-20,22-23H2,2-4H3,(H,39,45)/t26-,28-,31-/m0/s1. The smallest absolute Gasteiger partial charge is 0.270 e. The Morgan fingerprint density at radius 1 is 1.11 bits per heavy atom. The topological polar surface area (TPSA) is 95.8 Å². The maximum atomic E-state index is 13.9. The summed E-state index contributed by atoms with van der Waals surface area (Å²) < 4.78 is 0. The van der Waals surface area contributed by atoms with Crippen molar-refractivity contribution in [2.24, 2.45) is 0 Å². The first kappa shape index (κ1) is 30.6. The Kier molecular flexibility index (Phi) is 8.77. The molecule has 0 bridgehead atoms. The largest absolute Gasteiger partial charge is 0.367 e. The van der Waals surface area contributed by atoms with E-state index < -0.39 is 0 Å². The fourth-order valence-electron chi connectivity index (χ4n) is 7.62. The number of nitrogens with one attached hydrogen (secondary N) is 1. The molecule has 234 valence electrons. The van der Waals surface area contributed by atoms with Crippen LogP contribution in [0, 0.1) is 18.3 Å². The number of rotatable bonds is 7. The van der Waals surface area contributed by atoms with Crippen molar-refractivity contribution in [3.05, 3.63) is 77.6 Å². The summed E-state index contributed by atoms with van der Waals surface area (Å²) in [6.07, 6.45) is 5.44. The molecule has 1 saturated carbocycles. The number of aromatic nitrogens is 1. The molecule has 1 saturated heterocycles. The summed E-state index contributed by atoms with van der Waals surface area (Å²) in [4.78, 5) is 40.1. The van der Waals surface area contributed by atoms with E-state index in [4.69, 9.17) is 4.98 Å². The SMILES string of the molecule is C=CC(=O)N1CCN(c2cc(C(=O)N[C@H]3CCC[C@@H]3N(C)C)nc3c2CCN(c2cccc4cccc(C)c24)C3)C[C@@H]1CC#N. The monoisotopic (exact) mass is 605 g/mol. The number of amides is 2. The Hall–Kier alpha value is -4.42. The van der Waals surface area contributed by atoms with Crippen molar-refractivity contribution >= 4 is 34.0 Å². The number of anilines is 2. The van der Waals surface area contributed by atoms with Crippen LogP contribution in [0.1, 0.15) is 53.0 Å². The minimum Gasteiger partial charge on any atom is -0.367 e. The van der Waals surface area contributed by atoms with Crippen molar-refractivity contribution in [2.75, 3.05) is 50.1 Å². The average molecular weight is 606 g/mol. The van der Waals surface area contributed by atoms with E-state index in [1.165, 1.54) is 28.1 Å². The first-order valence-electron chi connectivity index (χ1n) is 16.1. The van der Waals surface area contributed by atoms with Gasteiger partial charge in [0.05, 0.1) is 30.8 Å². The number of benzene rings is 2. The number of fused-ring (bicyclic) bond motifs is 2. The summed E-state index contributed by atoms with van der Waals surface area (Å²) >= 11 is 0. The normalized spacial score (nSPS) is 21.5. The highest BCUT2D eigenvalue weighted by atomic mass is 16.2. The van der Waals surface area contributed by atoms with Crippen LogP contribution < -0.4 is 15.1 Å². The van der Waals surface area contributed by atoms with Crippen molar-refractivity contribution in [1.82, 2.24) is 20.1 Å². The highest BCUT2D eigenvalue weighted by molar-refractivity contribution is 5.97. The van der Waals surface area contributed by atoms with Crippen LogP contribution in [0.15, 0.2) is 55.1 Å². The lowest BCUT2D eigenvalue weighted by Crippen LogP contribution is -2.55. The molecule has 3 atom stereocenters. The first-order valence-corrected chi connectivity index (χ1v) is 16.1. The lowest BCUT2D eigenvalue weighted by molar-refractivity contribution is -0.128. The van der Waals surface area contributed by atoms with Crippen molar-refractivity contribution in [3.8, 4) is 6.07 Å². The third-order valence-corrected chi connectivity index (χ3v) is 9.89. The fourth-order valence-corrected chi connectivity index (χ4v) is 7.62. The van der Waals surface area contributed by atoms with Crippen molar-refractivity contribution in [2.45, 2.75) is 63.7 Å². The molecule has 1 aromatic heterocycles. The van der Waals surface area contributed by atoms with Gasteiger partial charge in [0.2, 0.25) is 5.91 Å². The number of pyridine rings is 1. The Bertz CT molecular complexity index is 1660. The van der Waals surface area contributed by atoms with Gasteiger partial charge in [0.1, 0.15) is 5.69 Å². The van der Waals surface area contributed by atoms with Gasteiger partial charge in [0.15, 0.2) is 0 Å². The maximum absolute atomic E-state index is 13.9. The molecule has 3 aliphatic rings. The van der Waals surface area contributed by atoms with Gasteiger partial charge < -0.3 is 24.9 Å². The van der Waals surface area contributed by atoms with Crippen LogP contribution in [0.3, 0.4) is 0 Å². The van der Waals surface area contributed by atoms with Crippen molar-refractivity contribution in [1.29, 1.82) is 5.26 Å². The van der Waals surface area contributed by atoms with E-state index in [9.17, 15) is 14.9 Å². The number of hydrogen-bond acceptors (Lipinski definition) is 7. The van der Waals surface area contributed by atoms with E-state index in [2.05, 4.69) is 90.1 Å². The highest BCUT2D eigenvalue weighted by Gasteiger charge is 2.34. The number of hydrogen-bond donors (Lipinski definition) is 1. The van der Waals surface area contributed by atoms with Crippen LogP contribution in [0.5, 0.6) is 0 Å². The van der Waals surface area contributed by atoms with Gasteiger partial charge in [0.25, 0.3) is 5.91 Å². The molecule has 3 heterocycles. The minimum absolute atomic E-state index is 0.0809. The number of nitriles is 1. The Morgan fingerprint density at radius 3 is 2.67 bits per heavy atom. The molecule has 45 heavy (non-hydrogen) atoms. The van der Waals surface area contributed by atoms with Gasteiger partial charge in [-0.05, 0) is 75.9 Å². The number of carbonyl (C=O) groups is 2. The molecule has 6 rings (SSSR count). The van der Waals surface area contributed by atoms with E-state index in [1.54, 1.807) is 4.90 Å². The number of carbonyl (C=O) groups excluding carboxylic acids is 2. The summed E-state index contributed by atoms with van der Waals surface area (Å²) in [7, 11) is 4.14. The van der Waals surface area contributed by atoms with Gasteiger partial charge in [0, 0.05) is 60.6 Å².